The zero-order chi connectivity index (χ0) is 14.0. The van der Waals surface area contributed by atoms with Gasteiger partial charge in [0.2, 0.25) is 0 Å². The van der Waals surface area contributed by atoms with Gasteiger partial charge in [0.15, 0.2) is 0 Å². The lowest BCUT2D eigenvalue weighted by atomic mass is 10.1. The summed E-state index contributed by atoms with van der Waals surface area (Å²) in [6, 6.07) is 1.74. The summed E-state index contributed by atoms with van der Waals surface area (Å²) >= 11 is 0. The molecule has 0 radical (unpaired) electrons. The normalized spacial score (nSPS) is 22.2. The van der Waals surface area contributed by atoms with Crippen molar-refractivity contribution in [1.82, 2.24) is 4.98 Å². The summed E-state index contributed by atoms with van der Waals surface area (Å²) in [5.74, 6) is -1.17. The number of carboxylic acids is 1. The Bertz CT molecular complexity index is 516. The molecule has 19 heavy (non-hydrogen) atoms. The Hall–Kier alpha value is -2.11. The number of nitrogens with zero attached hydrogens (tertiary/aromatic N) is 1. The monoisotopic (exact) mass is 263 g/mol. The number of nitrogens with one attached hydrogen (secondary N) is 1. The van der Waals surface area contributed by atoms with Crippen LogP contribution in [0.3, 0.4) is 0 Å². The van der Waals surface area contributed by atoms with Crippen LogP contribution in [0.4, 0.5) is 5.82 Å². The first-order valence-electron chi connectivity index (χ1n) is 6.23. The van der Waals surface area contributed by atoms with Gasteiger partial charge in [-0.1, -0.05) is 0 Å². The molecule has 1 amide bonds. The van der Waals surface area contributed by atoms with E-state index in [2.05, 4.69) is 10.3 Å². The fourth-order valence-corrected chi connectivity index (χ4v) is 2.51. The summed E-state index contributed by atoms with van der Waals surface area (Å²) in [6.45, 7) is 1.79. The maximum atomic E-state index is 11.4. The molecule has 0 aromatic carbocycles. The van der Waals surface area contributed by atoms with Crippen LogP contribution in [0.2, 0.25) is 0 Å². The van der Waals surface area contributed by atoms with Crippen LogP contribution in [-0.4, -0.2) is 28.0 Å². The number of carboxylic acid groups (broad SMARTS) is 1. The topological polar surface area (TPSA) is 105 Å². The number of aliphatic carboxylic acids is 1. The third-order valence-corrected chi connectivity index (χ3v) is 3.53. The lowest BCUT2D eigenvalue weighted by Gasteiger charge is -2.16. The maximum absolute atomic E-state index is 11.4. The first kappa shape index (κ1) is 13.3. The number of rotatable bonds is 4. The summed E-state index contributed by atoms with van der Waals surface area (Å²) in [5, 5.41) is 12.1. The van der Waals surface area contributed by atoms with Crippen LogP contribution in [0, 0.1) is 12.8 Å². The minimum Gasteiger partial charge on any atom is -0.481 e. The molecule has 102 valence electrons. The van der Waals surface area contributed by atoms with Crippen LogP contribution in [-0.2, 0) is 4.79 Å². The van der Waals surface area contributed by atoms with Gasteiger partial charge in [-0.2, -0.15) is 0 Å². The first-order valence-corrected chi connectivity index (χ1v) is 6.23. The van der Waals surface area contributed by atoms with Gasteiger partial charge in [0.25, 0.3) is 5.91 Å². The van der Waals surface area contributed by atoms with Gasteiger partial charge in [-0.25, -0.2) is 4.98 Å². The lowest BCUT2D eigenvalue weighted by Crippen LogP contribution is -2.23. The average molecular weight is 263 g/mol. The third kappa shape index (κ3) is 2.83. The molecular weight excluding hydrogens is 246 g/mol. The molecule has 4 N–H and O–H groups in total. The van der Waals surface area contributed by atoms with E-state index in [1.807, 2.05) is 0 Å². The predicted octanol–water partition coefficient (Wildman–Crippen LogP) is 1.15. The van der Waals surface area contributed by atoms with Gasteiger partial charge in [-0.15, -0.1) is 0 Å². The van der Waals surface area contributed by atoms with Crippen LogP contribution in [0.5, 0.6) is 0 Å². The van der Waals surface area contributed by atoms with E-state index in [-0.39, 0.29) is 12.0 Å². The van der Waals surface area contributed by atoms with E-state index in [0.717, 1.165) is 12.0 Å². The molecule has 1 aromatic heterocycles. The summed E-state index contributed by atoms with van der Waals surface area (Å²) < 4.78 is 0. The number of primary amides is 1. The number of carbonyl (C=O) groups is 2. The molecule has 1 aliphatic carbocycles. The highest BCUT2D eigenvalue weighted by Gasteiger charge is 2.30. The summed E-state index contributed by atoms with van der Waals surface area (Å²) in [5.41, 5.74) is 6.49. The molecule has 1 saturated carbocycles. The van der Waals surface area contributed by atoms with Gasteiger partial charge < -0.3 is 16.2 Å². The quantitative estimate of drug-likeness (QED) is 0.755. The Morgan fingerprint density at radius 2 is 2.21 bits per heavy atom. The van der Waals surface area contributed by atoms with E-state index in [4.69, 9.17) is 10.8 Å². The zero-order valence-electron chi connectivity index (χ0n) is 10.7. The standard InChI is InChI=1S/C13H17N3O3/c1-7-4-5-15-12(10(7)11(14)17)16-9-3-2-8(6-9)13(18)19/h4-5,8-9H,2-3,6H2,1H3,(H2,14,17)(H,15,16)(H,18,19). The molecule has 6 nitrogen and oxygen atoms in total. The molecule has 6 heteroatoms. The highest BCUT2D eigenvalue weighted by Crippen LogP contribution is 2.29. The molecular formula is C13H17N3O3. The number of aromatic nitrogens is 1. The first-order chi connectivity index (χ1) is 8.99. The molecule has 0 bridgehead atoms. The van der Waals surface area contributed by atoms with Crippen molar-refractivity contribution in [2.45, 2.75) is 32.2 Å². The third-order valence-electron chi connectivity index (χ3n) is 3.53. The number of anilines is 1. The number of amides is 1. The Morgan fingerprint density at radius 1 is 1.47 bits per heavy atom. The number of pyridine rings is 1. The number of nitrogens with two attached hydrogens (primary N) is 1. The fraction of sp³-hybridized carbons (Fsp3) is 0.462. The van der Waals surface area contributed by atoms with Gasteiger partial charge in [0, 0.05) is 12.2 Å². The molecule has 1 aromatic rings. The maximum Gasteiger partial charge on any atom is 0.306 e. The minimum atomic E-state index is -0.767. The molecule has 0 aliphatic heterocycles. The van der Waals surface area contributed by atoms with Crippen molar-refractivity contribution < 1.29 is 14.7 Å². The molecule has 2 unspecified atom stereocenters. The van der Waals surface area contributed by atoms with E-state index < -0.39 is 11.9 Å². The summed E-state index contributed by atoms with van der Waals surface area (Å²) in [7, 11) is 0. The van der Waals surface area contributed by atoms with Gasteiger partial charge >= 0.3 is 5.97 Å². The van der Waals surface area contributed by atoms with Gasteiger partial charge in [-0.05, 0) is 37.8 Å². The van der Waals surface area contributed by atoms with E-state index >= 15 is 0 Å². The Balaban J connectivity index is 2.14. The number of aryl methyl sites for hydroxylation is 1. The SMILES string of the molecule is Cc1ccnc(NC2CCC(C(=O)O)C2)c1C(N)=O. The van der Waals surface area contributed by atoms with E-state index in [0.29, 0.717) is 24.2 Å². The van der Waals surface area contributed by atoms with Crippen molar-refractivity contribution in [3.63, 3.8) is 0 Å². The number of carbonyl (C=O) groups excluding carboxylic acids is 1. The molecule has 0 spiro atoms. The second kappa shape index (κ2) is 5.26. The van der Waals surface area contributed by atoms with Crippen molar-refractivity contribution in [3.05, 3.63) is 23.4 Å². The van der Waals surface area contributed by atoms with Crippen molar-refractivity contribution in [2.75, 3.05) is 5.32 Å². The number of hydrogen-bond donors (Lipinski definition) is 3. The predicted molar refractivity (Wildman–Crippen MR) is 69.9 cm³/mol. The van der Waals surface area contributed by atoms with Crippen LogP contribution in [0.1, 0.15) is 35.2 Å². The second-order valence-electron chi connectivity index (χ2n) is 4.91. The average Bonchev–Trinajstić information content (AvgIpc) is 2.77. The fourth-order valence-electron chi connectivity index (χ4n) is 2.51. The molecule has 2 rings (SSSR count). The highest BCUT2D eigenvalue weighted by molar-refractivity contribution is 5.99. The zero-order valence-corrected chi connectivity index (χ0v) is 10.7. The number of hydrogen-bond acceptors (Lipinski definition) is 4. The molecule has 2 atom stereocenters. The largest absolute Gasteiger partial charge is 0.481 e. The van der Waals surface area contributed by atoms with E-state index in [1.54, 1.807) is 19.2 Å². The summed E-state index contributed by atoms with van der Waals surface area (Å²) in [6.07, 6.45) is 3.55. The highest BCUT2D eigenvalue weighted by atomic mass is 16.4. The summed E-state index contributed by atoms with van der Waals surface area (Å²) in [4.78, 5) is 26.5. The van der Waals surface area contributed by atoms with Crippen molar-refractivity contribution in [3.8, 4) is 0 Å². The van der Waals surface area contributed by atoms with Gasteiger partial charge in [0.1, 0.15) is 5.82 Å². The molecule has 1 fully saturated rings. The van der Waals surface area contributed by atoms with Crippen LogP contribution in [0.15, 0.2) is 12.3 Å². The van der Waals surface area contributed by atoms with E-state index in [9.17, 15) is 9.59 Å². The second-order valence-corrected chi connectivity index (χ2v) is 4.91. The van der Waals surface area contributed by atoms with Crippen molar-refractivity contribution in [2.24, 2.45) is 11.7 Å². The molecule has 1 aliphatic rings. The van der Waals surface area contributed by atoms with Crippen LogP contribution in [0.25, 0.3) is 0 Å². The molecule has 0 saturated heterocycles. The van der Waals surface area contributed by atoms with Crippen LogP contribution >= 0.6 is 0 Å². The van der Waals surface area contributed by atoms with Crippen LogP contribution < -0.4 is 11.1 Å². The van der Waals surface area contributed by atoms with Crippen molar-refractivity contribution >= 4 is 17.7 Å². The van der Waals surface area contributed by atoms with Gasteiger partial charge in [0.05, 0.1) is 11.5 Å². The Labute approximate surface area is 111 Å². The smallest absolute Gasteiger partial charge is 0.306 e. The minimum absolute atomic E-state index is 0.0218. The van der Waals surface area contributed by atoms with Gasteiger partial charge in [-0.3, -0.25) is 9.59 Å². The lowest BCUT2D eigenvalue weighted by molar-refractivity contribution is -0.141. The molecule has 1 heterocycles. The Kier molecular flexibility index (Phi) is 3.69. The van der Waals surface area contributed by atoms with E-state index in [1.165, 1.54) is 0 Å². The Morgan fingerprint density at radius 3 is 2.79 bits per heavy atom. The van der Waals surface area contributed by atoms with Crippen molar-refractivity contribution in [1.29, 1.82) is 0 Å².